The quantitative estimate of drug-likeness (QED) is 0.759. The monoisotopic (exact) mass is 291 g/mol. The van der Waals surface area contributed by atoms with Crippen molar-refractivity contribution < 1.29 is 9.59 Å². The molecule has 0 saturated carbocycles. The molecule has 0 spiro atoms. The Morgan fingerprint density at radius 2 is 1.81 bits per heavy atom. The minimum atomic E-state index is -0.171. The molecule has 2 amide bonds. The van der Waals surface area contributed by atoms with Crippen molar-refractivity contribution in [1.82, 2.24) is 15.5 Å². The van der Waals surface area contributed by atoms with E-state index in [0.717, 1.165) is 12.0 Å². The van der Waals surface area contributed by atoms with Crippen LogP contribution in [0.25, 0.3) is 0 Å². The van der Waals surface area contributed by atoms with Crippen LogP contribution in [-0.4, -0.2) is 43.9 Å². The summed E-state index contributed by atoms with van der Waals surface area (Å²) in [6, 6.07) is 9.74. The van der Waals surface area contributed by atoms with E-state index in [4.69, 9.17) is 0 Å². The summed E-state index contributed by atoms with van der Waals surface area (Å²) in [5, 5.41) is 5.60. The normalized spacial score (nSPS) is 12.0. The highest BCUT2D eigenvalue weighted by Gasteiger charge is 2.15. The molecule has 1 unspecified atom stereocenters. The molecule has 0 aliphatic carbocycles. The van der Waals surface area contributed by atoms with Crippen molar-refractivity contribution in [2.75, 3.05) is 27.2 Å². The molecule has 0 saturated heterocycles. The fourth-order valence-corrected chi connectivity index (χ4v) is 2.02. The lowest BCUT2D eigenvalue weighted by molar-refractivity contribution is -0.126. The van der Waals surface area contributed by atoms with Gasteiger partial charge in [-0.3, -0.25) is 9.59 Å². The number of rotatable bonds is 8. The molecule has 1 aromatic rings. The van der Waals surface area contributed by atoms with E-state index in [1.54, 1.807) is 0 Å². The lowest BCUT2D eigenvalue weighted by atomic mass is 10.1. The van der Waals surface area contributed by atoms with Gasteiger partial charge in [0.2, 0.25) is 11.8 Å². The predicted molar refractivity (Wildman–Crippen MR) is 83.8 cm³/mol. The number of benzene rings is 1. The van der Waals surface area contributed by atoms with Crippen molar-refractivity contribution in [2.45, 2.75) is 25.8 Å². The lowest BCUT2D eigenvalue weighted by Crippen LogP contribution is -2.41. The van der Waals surface area contributed by atoms with Crippen molar-refractivity contribution in [3.8, 4) is 0 Å². The number of hydrogen-bond acceptors (Lipinski definition) is 3. The molecule has 116 valence electrons. The Morgan fingerprint density at radius 1 is 1.14 bits per heavy atom. The van der Waals surface area contributed by atoms with Crippen molar-refractivity contribution in [3.63, 3.8) is 0 Å². The Morgan fingerprint density at radius 3 is 2.38 bits per heavy atom. The molecule has 0 aromatic heterocycles. The third-order valence-electron chi connectivity index (χ3n) is 3.01. The average Bonchev–Trinajstić information content (AvgIpc) is 2.45. The van der Waals surface area contributed by atoms with Crippen LogP contribution in [0, 0.1) is 0 Å². The Bertz CT molecular complexity index is 446. The van der Waals surface area contributed by atoms with Gasteiger partial charge in [0.1, 0.15) is 0 Å². The van der Waals surface area contributed by atoms with Crippen LogP contribution in [0.5, 0.6) is 0 Å². The Balaban J connectivity index is 2.56. The zero-order valence-corrected chi connectivity index (χ0v) is 13.1. The third-order valence-corrected chi connectivity index (χ3v) is 3.01. The second-order valence-corrected chi connectivity index (χ2v) is 5.32. The first-order valence-electron chi connectivity index (χ1n) is 7.28. The summed E-state index contributed by atoms with van der Waals surface area (Å²) in [5.74, 6) is -0.258. The Kier molecular flexibility index (Phi) is 7.46. The van der Waals surface area contributed by atoms with E-state index in [2.05, 4.69) is 10.6 Å². The average molecular weight is 291 g/mol. The van der Waals surface area contributed by atoms with Crippen molar-refractivity contribution >= 4 is 11.8 Å². The van der Waals surface area contributed by atoms with Gasteiger partial charge in [-0.05, 0) is 26.1 Å². The van der Waals surface area contributed by atoms with Gasteiger partial charge in [-0.2, -0.15) is 0 Å². The summed E-state index contributed by atoms with van der Waals surface area (Å²) in [7, 11) is 3.93. The summed E-state index contributed by atoms with van der Waals surface area (Å²) < 4.78 is 0. The van der Waals surface area contributed by atoms with Gasteiger partial charge in [-0.25, -0.2) is 0 Å². The number of carbonyl (C=O) groups is 2. The van der Waals surface area contributed by atoms with Crippen LogP contribution in [0.3, 0.4) is 0 Å². The highest BCUT2D eigenvalue weighted by atomic mass is 16.2. The zero-order valence-electron chi connectivity index (χ0n) is 13.1. The number of nitrogens with one attached hydrogen (secondary N) is 2. The van der Waals surface area contributed by atoms with Gasteiger partial charge >= 0.3 is 0 Å². The molecule has 0 radical (unpaired) electrons. The lowest BCUT2D eigenvalue weighted by Gasteiger charge is -2.23. The maximum atomic E-state index is 12.0. The van der Waals surface area contributed by atoms with Gasteiger partial charge in [0.25, 0.3) is 0 Å². The molecule has 0 bridgehead atoms. The van der Waals surface area contributed by atoms with Crippen LogP contribution >= 0.6 is 0 Å². The minimum absolute atomic E-state index is 0.0234. The number of carbonyl (C=O) groups excluding carboxylic acids is 2. The van der Waals surface area contributed by atoms with Gasteiger partial charge in [0.05, 0.1) is 12.6 Å². The molecule has 5 nitrogen and oxygen atoms in total. The summed E-state index contributed by atoms with van der Waals surface area (Å²) in [6.07, 6.45) is 1.23. The smallest absolute Gasteiger partial charge is 0.239 e. The molecule has 0 aliphatic rings. The fraction of sp³-hybridized carbons (Fsp3) is 0.500. The second-order valence-electron chi connectivity index (χ2n) is 5.32. The first kappa shape index (κ1) is 17.2. The summed E-state index contributed by atoms with van der Waals surface area (Å²) in [5.41, 5.74) is 1.06. The zero-order chi connectivity index (χ0) is 15.7. The molecule has 21 heavy (non-hydrogen) atoms. The van der Waals surface area contributed by atoms with Crippen molar-refractivity contribution in [2.24, 2.45) is 0 Å². The van der Waals surface area contributed by atoms with Crippen LogP contribution in [0.2, 0.25) is 0 Å². The number of likely N-dealkylation sites (N-methyl/N-ethyl adjacent to an activating group) is 1. The first-order chi connectivity index (χ1) is 10.0. The van der Waals surface area contributed by atoms with E-state index in [0.29, 0.717) is 13.0 Å². The molecule has 0 fully saturated rings. The largest absolute Gasteiger partial charge is 0.347 e. The molecular weight excluding hydrogens is 266 g/mol. The highest BCUT2D eigenvalue weighted by molar-refractivity contribution is 5.84. The maximum Gasteiger partial charge on any atom is 0.239 e. The van der Waals surface area contributed by atoms with E-state index >= 15 is 0 Å². The molecule has 0 aliphatic heterocycles. The second kappa shape index (κ2) is 9.13. The Hall–Kier alpha value is -1.88. The molecule has 1 rings (SSSR count). The van der Waals surface area contributed by atoms with Crippen LogP contribution in [0.4, 0.5) is 0 Å². The van der Waals surface area contributed by atoms with E-state index in [9.17, 15) is 9.59 Å². The standard InChI is InChI=1S/C16H25N3O2/c1-4-8-15(20)17-11-16(21)18-14(12-19(2)3)13-9-6-5-7-10-13/h5-7,9-10,14H,4,8,11-12H2,1-3H3,(H,17,20)(H,18,21). The van der Waals surface area contributed by atoms with Gasteiger partial charge in [0, 0.05) is 13.0 Å². The molecule has 1 atom stereocenters. The van der Waals surface area contributed by atoms with E-state index in [1.807, 2.05) is 56.3 Å². The van der Waals surface area contributed by atoms with Gasteiger partial charge in [-0.1, -0.05) is 37.3 Å². The first-order valence-corrected chi connectivity index (χ1v) is 7.28. The minimum Gasteiger partial charge on any atom is -0.347 e. The molecular formula is C16H25N3O2. The molecule has 0 heterocycles. The van der Waals surface area contributed by atoms with Gasteiger partial charge in [-0.15, -0.1) is 0 Å². The van der Waals surface area contributed by atoms with Gasteiger partial charge < -0.3 is 15.5 Å². The SMILES string of the molecule is CCCC(=O)NCC(=O)NC(CN(C)C)c1ccccc1. The highest BCUT2D eigenvalue weighted by Crippen LogP contribution is 2.12. The number of nitrogens with zero attached hydrogens (tertiary/aromatic N) is 1. The Labute approximate surface area is 126 Å². The molecule has 1 aromatic carbocycles. The van der Waals surface area contributed by atoms with Crippen molar-refractivity contribution in [1.29, 1.82) is 0 Å². The van der Waals surface area contributed by atoms with E-state index < -0.39 is 0 Å². The molecule has 5 heteroatoms. The number of hydrogen-bond donors (Lipinski definition) is 2. The van der Waals surface area contributed by atoms with Crippen LogP contribution in [-0.2, 0) is 9.59 Å². The fourth-order valence-electron chi connectivity index (χ4n) is 2.02. The van der Waals surface area contributed by atoms with Crippen LogP contribution in [0.1, 0.15) is 31.4 Å². The summed E-state index contributed by atoms with van der Waals surface area (Å²) >= 11 is 0. The summed E-state index contributed by atoms with van der Waals surface area (Å²) in [4.78, 5) is 25.4. The van der Waals surface area contributed by atoms with E-state index in [-0.39, 0.29) is 24.4 Å². The third kappa shape index (κ3) is 6.90. The van der Waals surface area contributed by atoms with Crippen molar-refractivity contribution in [3.05, 3.63) is 35.9 Å². The predicted octanol–water partition coefficient (Wildman–Crippen LogP) is 1.32. The topological polar surface area (TPSA) is 61.4 Å². The summed E-state index contributed by atoms with van der Waals surface area (Å²) in [6.45, 7) is 2.66. The maximum absolute atomic E-state index is 12.0. The molecule has 2 N–H and O–H groups in total. The van der Waals surface area contributed by atoms with Crippen LogP contribution in [0.15, 0.2) is 30.3 Å². The van der Waals surface area contributed by atoms with Gasteiger partial charge in [0.15, 0.2) is 0 Å². The number of amides is 2. The van der Waals surface area contributed by atoms with Crippen LogP contribution < -0.4 is 10.6 Å². The van der Waals surface area contributed by atoms with E-state index in [1.165, 1.54) is 0 Å².